The van der Waals surface area contributed by atoms with Crippen molar-refractivity contribution < 1.29 is 9.26 Å². The Hall–Kier alpha value is -1.88. The summed E-state index contributed by atoms with van der Waals surface area (Å²) in [7, 11) is 2.01. The van der Waals surface area contributed by atoms with Gasteiger partial charge in [0.05, 0.1) is 6.04 Å². The van der Waals surface area contributed by atoms with E-state index in [2.05, 4.69) is 15.0 Å². The van der Waals surface area contributed by atoms with E-state index in [4.69, 9.17) is 9.26 Å². The van der Waals surface area contributed by atoms with Crippen molar-refractivity contribution in [2.24, 2.45) is 0 Å². The highest BCUT2D eigenvalue weighted by molar-refractivity contribution is 5.20. The van der Waals surface area contributed by atoms with Gasteiger partial charge in [-0.3, -0.25) is 4.90 Å². The second kappa shape index (κ2) is 6.33. The Morgan fingerprint density at radius 3 is 2.68 bits per heavy atom. The lowest BCUT2D eigenvalue weighted by atomic mass is 10.3. The van der Waals surface area contributed by atoms with E-state index in [0.717, 1.165) is 12.3 Å². The molecule has 0 bridgehead atoms. The van der Waals surface area contributed by atoms with Crippen LogP contribution in [0.5, 0.6) is 5.75 Å². The minimum absolute atomic E-state index is 0.0839. The summed E-state index contributed by atoms with van der Waals surface area (Å²) in [6.07, 6.45) is 0. The maximum absolute atomic E-state index is 5.66. The van der Waals surface area contributed by atoms with Gasteiger partial charge in [-0.1, -0.05) is 23.4 Å². The van der Waals surface area contributed by atoms with Crippen LogP contribution >= 0.6 is 0 Å². The highest BCUT2D eigenvalue weighted by Gasteiger charge is 2.17. The van der Waals surface area contributed by atoms with Crippen molar-refractivity contribution in [2.75, 3.05) is 20.2 Å². The van der Waals surface area contributed by atoms with E-state index < -0.39 is 0 Å². The van der Waals surface area contributed by atoms with Crippen molar-refractivity contribution in [1.82, 2.24) is 15.0 Å². The van der Waals surface area contributed by atoms with Gasteiger partial charge in [-0.25, -0.2) is 0 Å². The molecule has 1 aromatic heterocycles. The van der Waals surface area contributed by atoms with E-state index in [1.165, 1.54) is 0 Å². The number of ether oxygens (including phenoxy) is 1. The first kappa shape index (κ1) is 13.5. The van der Waals surface area contributed by atoms with Crippen LogP contribution in [-0.2, 0) is 0 Å². The average Bonchev–Trinajstić information content (AvgIpc) is 2.85. The van der Waals surface area contributed by atoms with Crippen molar-refractivity contribution in [2.45, 2.75) is 19.9 Å². The molecule has 1 heterocycles. The van der Waals surface area contributed by atoms with Gasteiger partial charge in [-0.2, -0.15) is 4.98 Å². The lowest BCUT2D eigenvalue weighted by Gasteiger charge is -2.21. The van der Waals surface area contributed by atoms with Gasteiger partial charge in [0.1, 0.15) is 12.4 Å². The largest absolute Gasteiger partial charge is 0.492 e. The smallest absolute Gasteiger partial charge is 0.243 e. The van der Waals surface area contributed by atoms with E-state index in [9.17, 15) is 0 Å². The summed E-state index contributed by atoms with van der Waals surface area (Å²) in [4.78, 5) is 6.36. The molecule has 0 aliphatic heterocycles. The van der Waals surface area contributed by atoms with Crippen LogP contribution in [0, 0.1) is 6.92 Å². The molecule has 0 aliphatic carbocycles. The number of nitrogens with zero attached hydrogens (tertiary/aromatic N) is 3. The van der Waals surface area contributed by atoms with Crippen molar-refractivity contribution in [1.29, 1.82) is 0 Å². The van der Waals surface area contributed by atoms with Crippen molar-refractivity contribution in [3.63, 3.8) is 0 Å². The zero-order chi connectivity index (χ0) is 13.7. The van der Waals surface area contributed by atoms with Crippen molar-refractivity contribution in [3.8, 4) is 5.75 Å². The first-order valence-corrected chi connectivity index (χ1v) is 6.35. The summed E-state index contributed by atoms with van der Waals surface area (Å²) in [6, 6.07) is 9.88. The molecule has 0 aliphatic rings. The van der Waals surface area contributed by atoms with Crippen LogP contribution < -0.4 is 4.74 Å². The minimum atomic E-state index is 0.0839. The number of benzene rings is 1. The zero-order valence-corrected chi connectivity index (χ0v) is 11.5. The van der Waals surface area contributed by atoms with Crippen LogP contribution in [0.3, 0.4) is 0 Å². The molecule has 0 spiro atoms. The van der Waals surface area contributed by atoms with Crippen molar-refractivity contribution >= 4 is 0 Å². The van der Waals surface area contributed by atoms with Crippen LogP contribution in [-0.4, -0.2) is 35.2 Å². The second-order valence-electron chi connectivity index (χ2n) is 4.50. The molecule has 0 unspecified atom stereocenters. The molecule has 1 atom stereocenters. The van der Waals surface area contributed by atoms with Gasteiger partial charge >= 0.3 is 0 Å². The lowest BCUT2D eigenvalue weighted by molar-refractivity contribution is 0.174. The molecule has 19 heavy (non-hydrogen) atoms. The number of aryl methyl sites for hydroxylation is 1. The van der Waals surface area contributed by atoms with E-state index >= 15 is 0 Å². The summed E-state index contributed by atoms with van der Waals surface area (Å²) in [6.45, 7) is 5.27. The van der Waals surface area contributed by atoms with E-state index in [-0.39, 0.29) is 6.04 Å². The third-order valence-corrected chi connectivity index (χ3v) is 3.02. The highest BCUT2D eigenvalue weighted by atomic mass is 16.5. The zero-order valence-electron chi connectivity index (χ0n) is 11.5. The Morgan fingerprint density at radius 2 is 2.05 bits per heavy atom. The predicted molar refractivity (Wildman–Crippen MR) is 72.0 cm³/mol. The first-order valence-electron chi connectivity index (χ1n) is 6.35. The Morgan fingerprint density at radius 1 is 1.32 bits per heavy atom. The molecular weight excluding hydrogens is 242 g/mol. The van der Waals surface area contributed by atoms with Gasteiger partial charge < -0.3 is 9.26 Å². The monoisotopic (exact) mass is 261 g/mol. The van der Waals surface area contributed by atoms with Crippen LogP contribution in [0.2, 0.25) is 0 Å². The average molecular weight is 261 g/mol. The van der Waals surface area contributed by atoms with Crippen LogP contribution in [0.1, 0.15) is 24.7 Å². The second-order valence-corrected chi connectivity index (χ2v) is 4.50. The predicted octanol–water partition coefficient (Wildman–Crippen LogP) is 2.45. The number of rotatable bonds is 6. The van der Waals surface area contributed by atoms with Gasteiger partial charge in [-0.15, -0.1) is 0 Å². The Kier molecular flexibility index (Phi) is 4.52. The van der Waals surface area contributed by atoms with Gasteiger partial charge in [0.25, 0.3) is 0 Å². The Labute approximate surface area is 113 Å². The molecule has 1 aromatic carbocycles. The SMILES string of the molecule is Cc1noc([C@H](C)N(C)CCOc2ccccc2)n1. The maximum Gasteiger partial charge on any atom is 0.243 e. The maximum atomic E-state index is 5.66. The van der Waals surface area contributed by atoms with Crippen LogP contribution in [0.4, 0.5) is 0 Å². The number of aromatic nitrogens is 2. The summed E-state index contributed by atoms with van der Waals surface area (Å²) < 4.78 is 10.8. The summed E-state index contributed by atoms with van der Waals surface area (Å²) in [5.74, 6) is 2.19. The minimum Gasteiger partial charge on any atom is -0.492 e. The molecule has 5 heteroatoms. The molecular formula is C14H19N3O2. The molecule has 0 N–H and O–H groups in total. The van der Waals surface area contributed by atoms with Crippen LogP contribution in [0.15, 0.2) is 34.9 Å². The summed E-state index contributed by atoms with van der Waals surface area (Å²) >= 11 is 0. The fourth-order valence-electron chi connectivity index (χ4n) is 1.69. The quantitative estimate of drug-likeness (QED) is 0.799. The molecule has 0 saturated carbocycles. The Bertz CT molecular complexity index is 498. The fraction of sp³-hybridized carbons (Fsp3) is 0.429. The van der Waals surface area contributed by atoms with Crippen LogP contribution in [0.25, 0.3) is 0 Å². The molecule has 102 valence electrons. The van der Waals surface area contributed by atoms with Gasteiger partial charge in [0.15, 0.2) is 5.82 Å². The molecule has 5 nitrogen and oxygen atoms in total. The van der Waals surface area contributed by atoms with E-state index in [0.29, 0.717) is 18.3 Å². The third kappa shape index (κ3) is 3.79. The van der Waals surface area contributed by atoms with Gasteiger partial charge in [0, 0.05) is 6.54 Å². The number of likely N-dealkylation sites (N-methyl/N-ethyl adjacent to an activating group) is 1. The molecule has 2 aromatic rings. The van der Waals surface area contributed by atoms with E-state index in [1.807, 2.05) is 51.2 Å². The topological polar surface area (TPSA) is 51.4 Å². The molecule has 2 rings (SSSR count). The normalized spacial score (nSPS) is 12.6. The van der Waals surface area contributed by atoms with Gasteiger partial charge in [-0.05, 0) is 33.0 Å². The van der Waals surface area contributed by atoms with Gasteiger partial charge in [0.2, 0.25) is 5.89 Å². The van der Waals surface area contributed by atoms with E-state index in [1.54, 1.807) is 0 Å². The standard InChI is InChI=1S/C14H19N3O2/c1-11(14-15-12(2)16-19-14)17(3)9-10-18-13-7-5-4-6-8-13/h4-8,11H,9-10H2,1-3H3/t11-/m0/s1. The molecule has 0 amide bonds. The summed E-state index contributed by atoms with van der Waals surface area (Å²) in [5.41, 5.74) is 0. The summed E-state index contributed by atoms with van der Waals surface area (Å²) in [5, 5.41) is 3.80. The number of hydrogen-bond acceptors (Lipinski definition) is 5. The van der Waals surface area contributed by atoms with Crippen molar-refractivity contribution in [3.05, 3.63) is 42.0 Å². The Balaban J connectivity index is 1.79. The number of para-hydroxylation sites is 1. The molecule has 0 radical (unpaired) electrons. The highest BCUT2D eigenvalue weighted by Crippen LogP contribution is 2.16. The first-order chi connectivity index (χ1) is 9.16. The lowest BCUT2D eigenvalue weighted by Crippen LogP contribution is -2.27. The molecule has 0 fully saturated rings. The third-order valence-electron chi connectivity index (χ3n) is 3.02. The molecule has 0 saturated heterocycles. The fourth-order valence-corrected chi connectivity index (χ4v) is 1.69. The number of hydrogen-bond donors (Lipinski definition) is 0.